The number of nitro benzene ring substituents is 1. The zero-order valence-electron chi connectivity index (χ0n) is 23.9. The standard InChI is InChI=1S/C29H33AsN4O8S/c1-17(2)16-33(43(40,41)22-9-11-24-26(14-22)42-29(30)32-24)20-6-4-5-19(13-20)7-8-21(35)15-31-28(37)23-10-12-25(34(38)39)27(36)18(23)3/h4-6,9-14,17,21,35-36H,7-8,15-16,30H2,1-3H3,(H,31,37). The van der Waals surface area contributed by atoms with Gasteiger partial charge in [-0.25, -0.2) is 0 Å². The van der Waals surface area contributed by atoms with Crippen LogP contribution in [0.15, 0.2) is 63.9 Å². The first-order chi connectivity index (χ1) is 20.3. The summed E-state index contributed by atoms with van der Waals surface area (Å²) < 4.78 is 35.0. The average molecular weight is 673 g/mol. The van der Waals surface area contributed by atoms with Gasteiger partial charge in [0.15, 0.2) is 5.75 Å². The first-order valence-electron chi connectivity index (χ1n) is 13.5. The van der Waals surface area contributed by atoms with E-state index in [0.29, 0.717) is 27.9 Å². The van der Waals surface area contributed by atoms with E-state index in [1.807, 2.05) is 19.9 Å². The molecule has 0 spiro atoms. The van der Waals surface area contributed by atoms with Gasteiger partial charge in [0, 0.05) is 23.7 Å². The van der Waals surface area contributed by atoms with Crippen molar-refractivity contribution in [2.45, 2.75) is 44.6 Å². The van der Waals surface area contributed by atoms with E-state index < -0.39 is 38.4 Å². The Kier molecular flexibility index (Phi) is 9.78. The van der Waals surface area contributed by atoms with Gasteiger partial charge < -0.3 is 15.5 Å². The van der Waals surface area contributed by atoms with E-state index in [0.717, 1.165) is 11.6 Å². The largest absolute Gasteiger partial charge is 0.502 e. The van der Waals surface area contributed by atoms with E-state index in [1.54, 1.807) is 24.3 Å². The molecule has 0 radical (unpaired) electrons. The fourth-order valence-corrected chi connectivity index (χ4v) is 6.77. The molecule has 2 atom stereocenters. The number of aliphatic hydroxyl groups is 1. The summed E-state index contributed by atoms with van der Waals surface area (Å²) in [5.41, 5.74) is 1.91. The van der Waals surface area contributed by atoms with E-state index in [2.05, 4.69) is 10.3 Å². The Morgan fingerprint density at radius 3 is 2.63 bits per heavy atom. The molecule has 1 heterocycles. The fraction of sp³-hybridized carbons (Fsp3) is 0.310. The molecule has 0 aliphatic rings. The van der Waals surface area contributed by atoms with Gasteiger partial charge in [-0.3, -0.25) is 14.9 Å². The smallest absolute Gasteiger partial charge is 0.311 e. The number of carbonyl (C=O) groups excluding carboxylic acids is 1. The molecule has 14 heteroatoms. The number of carbonyl (C=O) groups is 1. The molecule has 0 aliphatic carbocycles. The van der Waals surface area contributed by atoms with Crippen LogP contribution < -0.4 is 14.3 Å². The van der Waals surface area contributed by atoms with Crippen molar-refractivity contribution in [3.63, 3.8) is 0 Å². The van der Waals surface area contributed by atoms with Crippen molar-refractivity contribution >= 4 is 59.9 Å². The number of hydrogen-bond acceptors (Lipinski definition) is 9. The molecule has 4 rings (SSSR count). The number of sulfonamides is 1. The summed E-state index contributed by atoms with van der Waals surface area (Å²) in [5.74, 6) is -1.14. The molecule has 0 saturated heterocycles. The van der Waals surface area contributed by atoms with Gasteiger partial charge >= 0.3 is 168 Å². The summed E-state index contributed by atoms with van der Waals surface area (Å²) in [6.07, 6.45) is -0.245. The summed E-state index contributed by atoms with van der Waals surface area (Å²) >= 11 is 1.21. The number of nitro groups is 1. The number of rotatable bonds is 12. The van der Waals surface area contributed by atoms with Gasteiger partial charge in [-0.2, -0.15) is 0 Å². The summed E-state index contributed by atoms with van der Waals surface area (Å²) in [7, 11) is -3.94. The monoisotopic (exact) mass is 672 g/mol. The summed E-state index contributed by atoms with van der Waals surface area (Å²) in [4.78, 5) is 27.2. The molecule has 0 fully saturated rings. The van der Waals surface area contributed by atoms with Crippen LogP contribution in [0.1, 0.15) is 41.8 Å². The second-order valence-corrected chi connectivity index (χ2v) is 13.4. The normalized spacial score (nSPS) is 12.4. The maximum atomic E-state index is 13.8. The number of aliphatic hydroxyl groups excluding tert-OH is 1. The number of amides is 1. The van der Waals surface area contributed by atoms with Gasteiger partial charge in [-0.1, -0.05) is 0 Å². The average Bonchev–Trinajstić information content (AvgIpc) is 3.34. The third-order valence-electron chi connectivity index (χ3n) is 6.81. The predicted octanol–water partition coefficient (Wildman–Crippen LogP) is 2.58. The second kappa shape index (κ2) is 13.2. The minimum Gasteiger partial charge on any atom is -0.502 e. The minimum absolute atomic E-state index is 0.0316. The Bertz CT molecular complexity index is 1770. The Labute approximate surface area is 257 Å². The number of nitrogens with zero attached hydrogens (tertiary/aromatic N) is 3. The molecule has 0 saturated carbocycles. The Balaban J connectivity index is 1.44. The molecular weight excluding hydrogens is 639 g/mol. The number of oxazole rings is 1. The number of fused-ring (bicyclic) bond motifs is 1. The maximum absolute atomic E-state index is 13.8. The molecule has 1 aromatic heterocycles. The number of aromatic hydroxyl groups is 1. The molecular formula is C29H33AsN4O8S. The van der Waals surface area contributed by atoms with Crippen molar-refractivity contribution in [1.29, 1.82) is 0 Å². The third kappa shape index (κ3) is 7.35. The van der Waals surface area contributed by atoms with Crippen LogP contribution in [0.5, 0.6) is 5.75 Å². The first-order valence-corrected chi connectivity index (χ1v) is 16.1. The topological polar surface area (TPSA) is 176 Å². The van der Waals surface area contributed by atoms with Crippen LogP contribution in [-0.2, 0) is 16.4 Å². The maximum Gasteiger partial charge on any atom is 0.311 e. The Hall–Kier alpha value is -3.93. The van der Waals surface area contributed by atoms with Crippen molar-refractivity contribution in [3.05, 3.63) is 81.4 Å². The van der Waals surface area contributed by atoms with Gasteiger partial charge in [0.05, 0.1) is 11.0 Å². The van der Waals surface area contributed by atoms with Crippen LogP contribution in [0.3, 0.4) is 0 Å². The molecule has 228 valence electrons. The van der Waals surface area contributed by atoms with Crippen LogP contribution in [0.4, 0.5) is 11.4 Å². The number of aromatic nitrogens is 1. The van der Waals surface area contributed by atoms with Crippen LogP contribution in [0.2, 0.25) is 0 Å². The summed E-state index contributed by atoms with van der Waals surface area (Å²) in [5, 5.41) is 34.2. The number of benzene rings is 3. The zero-order chi connectivity index (χ0) is 31.5. The van der Waals surface area contributed by atoms with Crippen molar-refractivity contribution in [3.8, 4) is 5.75 Å². The molecule has 12 nitrogen and oxygen atoms in total. The van der Waals surface area contributed by atoms with Crippen LogP contribution in [0.25, 0.3) is 11.1 Å². The number of phenolic OH excluding ortho intramolecular Hbond substituents is 1. The van der Waals surface area contributed by atoms with Crippen LogP contribution in [-0.4, -0.2) is 70.5 Å². The van der Waals surface area contributed by atoms with Crippen LogP contribution in [0, 0.1) is 23.0 Å². The van der Waals surface area contributed by atoms with E-state index in [9.17, 15) is 33.5 Å². The van der Waals surface area contributed by atoms with Crippen molar-refractivity contribution < 1.29 is 32.8 Å². The van der Waals surface area contributed by atoms with E-state index in [-0.39, 0.29) is 41.5 Å². The van der Waals surface area contributed by atoms with Gasteiger partial charge in [0.1, 0.15) is 0 Å². The second-order valence-electron chi connectivity index (χ2n) is 10.5. The molecule has 0 aliphatic heterocycles. The van der Waals surface area contributed by atoms with Gasteiger partial charge in [0.25, 0.3) is 5.91 Å². The Morgan fingerprint density at radius 1 is 1.19 bits per heavy atom. The van der Waals surface area contributed by atoms with Crippen molar-refractivity contribution in [2.24, 2.45) is 5.92 Å². The molecule has 1 amide bonds. The van der Waals surface area contributed by atoms with Gasteiger partial charge in [-0.15, -0.1) is 0 Å². The van der Waals surface area contributed by atoms with Crippen molar-refractivity contribution in [1.82, 2.24) is 10.3 Å². The number of anilines is 1. The zero-order valence-corrected chi connectivity index (χ0v) is 27.1. The number of phenols is 1. The van der Waals surface area contributed by atoms with Gasteiger partial charge in [0.2, 0.25) is 0 Å². The first kappa shape index (κ1) is 32.0. The predicted molar refractivity (Wildman–Crippen MR) is 164 cm³/mol. The number of aryl methyl sites for hydroxylation is 1. The minimum atomic E-state index is -3.94. The summed E-state index contributed by atoms with van der Waals surface area (Å²) in [6.45, 7) is 5.42. The molecule has 3 aromatic carbocycles. The fourth-order valence-electron chi connectivity index (χ4n) is 4.57. The summed E-state index contributed by atoms with van der Waals surface area (Å²) in [6, 6.07) is 14.0. The van der Waals surface area contributed by atoms with Crippen LogP contribution >= 0.6 is 0 Å². The van der Waals surface area contributed by atoms with Gasteiger partial charge in [-0.05, 0) is 13.0 Å². The van der Waals surface area contributed by atoms with Crippen molar-refractivity contribution in [2.75, 3.05) is 17.4 Å². The molecule has 43 heavy (non-hydrogen) atoms. The van der Waals surface area contributed by atoms with E-state index in [1.165, 1.54) is 46.3 Å². The molecule has 4 aromatic rings. The SMILES string of the molecule is Cc1c(C(=O)NCC(O)CCc2cccc(N(CC(C)C)S(=O)(=O)c3ccc4nc([AsH2])oc4c3)c2)ccc([N+](=O)[O-])c1O. The number of nitrogens with one attached hydrogen (secondary N) is 1. The molecule has 3 N–H and O–H groups in total. The quantitative estimate of drug-likeness (QED) is 0.116. The van der Waals surface area contributed by atoms with E-state index in [4.69, 9.17) is 4.42 Å². The molecule has 0 bridgehead atoms. The Morgan fingerprint density at radius 2 is 1.93 bits per heavy atom. The molecule has 2 unspecified atom stereocenters. The third-order valence-corrected chi connectivity index (χ3v) is 9.12. The van der Waals surface area contributed by atoms with E-state index >= 15 is 0 Å². The number of hydrogen-bond donors (Lipinski definition) is 3.